The molecule has 1 aliphatic heterocycles. The number of nitrogens with zero attached hydrogens (tertiary/aromatic N) is 1. The molecule has 0 amide bonds. The topological polar surface area (TPSA) is 23.5 Å². The van der Waals surface area contributed by atoms with E-state index in [1.165, 1.54) is 29.8 Å². The monoisotopic (exact) mass is 251 g/mol. The second-order valence-electron chi connectivity index (χ2n) is 4.78. The van der Waals surface area contributed by atoms with Crippen molar-refractivity contribution in [3.8, 4) is 5.75 Å². The summed E-state index contributed by atoms with van der Waals surface area (Å²) in [7, 11) is 0. The van der Waals surface area contributed by atoms with Gasteiger partial charge in [-0.25, -0.2) is 0 Å². The molecule has 3 heteroatoms. The molecule has 1 aromatic carbocycles. The largest absolute Gasteiger partial charge is 0.508 e. The number of benzene rings is 1. The Morgan fingerprint density at radius 2 is 2.18 bits per heavy atom. The molecule has 0 unspecified atom stereocenters. The van der Waals surface area contributed by atoms with Crippen molar-refractivity contribution in [1.82, 2.24) is 4.90 Å². The summed E-state index contributed by atoms with van der Waals surface area (Å²) in [5.74, 6) is 1.69. The zero-order chi connectivity index (χ0) is 12.3. The highest BCUT2D eigenvalue weighted by molar-refractivity contribution is 7.98. The van der Waals surface area contributed by atoms with Gasteiger partial charge in [-0.2, -0.15) is 11.8 Å². The summed E-state index contributed by atoms with van der Waals surface area (Å²) in [5, 5.41) is 9.70. The number of hydrogen-bond acceptors (Lipinski definition) is 3. The highest BCUT2D eigenvalue weighted by Crippen LogP contribution is 2.26. The fourth-order valence-corrected chi connectivity index (χ4v) is 2.82. The number of hydrogen-bond donors (Lipinski definition) is 1. The van der Waals surface area contributed by atoms with Crippen molar-refractivity contribution in [1.29, 1.82) is 0 Å². The molecule has 0 aliphatic carbocycles. The zero-order valence-corrected chi connectivity index (χ0v) is 11.5. The van der Waals surface area contributed by atoms with Crippen LogP contribution in [0.15, 0.2) is 12.1 Å². The number of phenolic OH excluding ortho intramolecular Hbond substituents is 1. The summed E-state index contributed by atoms with van der Waals surface area (Å²) in [4.78, 5) is 2.52. The number of aromatic hydroxyl groups is 1. The molecule has 0 aromatic heterocycles. The van der Waals surface area contributed by atoms with Crippen molar-refractivity contribution in [2.45, 2.75) is 26.3 Å². The van der Waals surface area contributed by atoms with Gasteiger partial charge in [0.1, 0.15) is 5.75 Å². The highest BCUT2D eigenvalue weighted by atomic mass is 32.2. The van der Waals surface area contributed by atoms with E-state index in [9.17, 15) is 5.11 Å². The molecule has 2 rings (SSSR count). The van der Waals surface area contributed by atoms with Crippen molar-refractivity contribution in [3.63, 3.8) is 0 Å². The van der Waals surface area contributed by atoms with Crippen LogP contribution in [0.4, 0.5) is 0 Å². The number of aryl methyl sites for hydroxylation is 1. The van der Waals surface area contributed by atoms with Gasteiger partial charge in [0.25, 0.3) is 0 Å². The summed E-state index contributed by atoms with van der Waals surface area (Å²) in [6.45, 7) is 5.34. The maximum Gasteiger partial charge on any atom is 0.118 e. The first-order valence-corrected chi connectivity index (χ1v) is 7.62. The lowest BCUT2D eigenvalue weighted by atomic mass is 9.97. The molecule has 0 fully saturated rings. The standard InChI is InChI=1S/C14H21NOS/c1-11-8-13-10-15(5-3-7-17-2)6-4-12(13)9-14(11)16/h8-9,16H,3-7,10H2,1-2H3. The van der Waals surface area contributed by atoms with Crippen molar-refractivity contribution >= 4 is 11.8 Å². The first kappa shape index (κ1) is 12.8. The van der Waals surface area contributed by atoms with E-state index >= 15 is 0 Å². The molecule has 0 saturated carbocycles. The van der Waals surface area contributed by atoms with Crippen molar-refractivity contribution in [2.75, 3.05) is 25.1 Å². The quantitative estimate of drug-likeness (QED) is 0.832. The minimum Gasteiger partial charge on any atom is -0.508 e. The number of phenols is 1. The van der Waals surface area contributed by atoms with Crippen LogP contribution in [0.1, 0.15) is 23.1 Å². The lowest BCUT2D eigenvalue weighted by Crippen LogP contribution is -2.31. The van der Waals surface area contributed by atoms with Gasteiger partial charge in [0, 0.05) is 13.1 Å². The Balaban J connectivity index is 2.00. The average Bonchev–Trinajstić information content (AvgIpc) is 2.31. The lowest BCUT2D eigenvalue weighted by molar-refractivity contribution is 0.255. The van der Waals surface area contributed by atoms with E-state index in [1.54, 1.807) is 0 Å². The molecule has 17 heavy (non-hydrogen) atoms. The molecule has 1 aliphatic rings. The maximum absolute atomic E-state index is 9.70. The van der Waals surface area contributed by atoms with Gasteiger partial charge >= 0.3 is 0 Å². The van der Waals surface area contributed by atoms with Gasteiger partial charge in [0.2, 0.25) is 0 Å². The smallest absolute Gasteiger partial charge is 0.118 e. The van der Waals surface area contributed by atoms with Crippen LogP contribution in [0.25, 0.3) is 0 Å². The van der Waals surface area contributed by atoms with Crippen molar-refractivity contribution in [3.05, 3.63) is 28.8 Å². The van der Waals surface area contributed by atoms with Gasteiger partial charge in [-0.15, -0.1) is 0 Å². The second kappa shape index (κ2) is 5.78. The fourth-order valence-electron chi connectivity index (χ4n) is 2.40. The summed E-state index contributed by atoms with van der Waals surface area (Å²) in [5.41, 5.74) is 3.72. The molecular weight excluding hydrogens is 230 g/mol. The Morgan fingerprint density at radius 1 is 1.35 bits per heavy atom. The Hall–Kier alpha value is -0.670. The molecular formula is C14H21NOS. The molecule has 94 valence electrons. The van der Waals surface area contributed by atoms with E-state index in [4.69, 9.17) is 0 Å². The van der Waals surface area contributed by atoms with Gasteiger partial charge in [-0.1, -0.05) is 6.07 Å². The molecule has 1 aromatic rings. The Labute approximate surface area is 108 Å². The van der Waals surface area contributed by atoms with Crippen LogP contribution in [0, 0.1) is 6.92 Å². The molecule has 1 heterocycles. The van der Waals surface area contributed by atoms with Crippen LogP contribution in [-0.2, 0) is 13.0 Å². The molecule has 0 bridgehead atoms. The van der Waals surface area contributed by atoms with E-state index in [2.05, 4.69) is 17.2 Å². The molecule has 0 atom stereocenters. The van der Waals surface area contributed by atoms with Gasteiger partial charge in [0.15, 0.2) is 0 Å². The highest BCUT2D eigenvalue weighted by Gasteiger charge is 2.16. The van der Waals surface area contributed by atoms with Crippen LogP contribution in [0.5, 0.6) is 5.75 Å². The first-order chi connectivity index (χ1) is 8.20. The van der Waals surface area contributed by atoms with Gasteiger partial charge in [0.05, 0.1) is 0 Å². The van der Waals surface area contributed by atoms with Gasteiger partial charge < -0.3 is 5.11 Å². The maximum atomic E-state index is 9.70. The normalized spacial score (nSPS) is 15.9. The predicted molar refractivity (Wildman–Crippen MR) is 74.8 cm³/mol. The van der Waals surface area contributed by atoms with Crippen LogP contribution >= 0.6 is 11.8 Å². The summed E-state index contributed by atoms with van der Waals surface area (Å²) >= 11 is 1.92. The minimum atomic E-state index is 0.444. The Kier molecular flexibility index (Phi) is 4.35. The zero-order valence-electron chi connectivity index (χ0n) is 10.7. The van der Waals surface area contributed by atoms with Crippen LogP contribution in [0.3, 0.4) is 0 Å². The van der Waals surface area contributed by atoms with E-state index in [-0.39, 0.29) is 0 Å². The first-order valence-electron chi connectivity index (χ1n) is 6.23. The van der Waals surface area contributed by atoms with Crippen LogP contribution in [-0.4, -0.2) is 35.1 Å². The number of thioether (sulfide) groups is 1. The molecule has 2 nitrogen and oxygen atoms in total. The summed E-state index contributed by atoms with van der Waals surface area (Å²) in [6, 6.07) is 4.09. The molecule has 0 spiro atoms. The number of fused-ring (bicyclic) bond motifs is 1. The van der Waals surface area contributed by atoms with Crippen molar-refractivity contribution in [2.24, 2.45) is 0 Å². The van der Waals surface area contributed by atoms with E-state index < -0.39 is 0 Å². The third-order valence-electron chi connectivity index (χ3n) is 3.43. The Bertz CT molecular complexity index is 392. The molecule has 1 N–H and O–H groups in total. The van der Waals surface area contributed by atoms with Crippen LogP contribution in [0.2, 0.25) is 0 Å². The summed E-state index contributed by atoms with van der Waals surface area (Å²) in [6.07, 6.45) is 4.51. The Morgan fingerprint density at radius 3 is 2.94 bits per heavy atom. The number of rotatable bonds is 4. The van der Waals surface area contributed by atoms with E-state index in [1.807, 2.05) is 24.8 Å². The van der Waals surface area contributed by atoms with Gasteiger partial charge in [-0.05, 0) is 61.1 Å². The average molecular weight is 251 g/mol. The third-order valence-corrected chi connectivity index (χ3v) is 4.13. The molecule has 0 saturated heterocycles. The van der Waals surface area contributed by atoms with Crippen LogP contribution < -0.4 is 0 Å². The minimum absolute atomic E-state index is 0.444. The fraction of sp³-hybridized carbons (Fsp3) is 0.571. The summed E-state index contributed by atoms with van der Waals surface area (Å²) < 4.78 is 0. The lowest BCUT2D eigenvalue weighted by Gasteiger charge is -2.29. The SMILES string of the molecule is CSCCCN1CCc2cc(O)c(C)cc2C1. The van der Waals surface area contributed by atoms with E-state index in [0.717, 1.165) is 25.1 Å². The van der Waals surface area contributed by atoms with Gasteiger partial charge in [-0.3, -0.25) is 4.90 Å². The van der Waals surface area contributed by atoms with E-state index in [0.29, 0.717) is 5.75 Å². The predicted octanol–water partition coefficient (Wildman–Crippen LogP) is 2.81. The second-order valence-corrected chi connectivity index (χ2v) is 5.77. The molecule has 0 radical (unpaired) electrons. The third kappa shape index (κ3) is 3.17. The van der Waals surface area contributed by atoms with Crippen molar-refractivity contribution < 1.29 is 5.11 Å².